The van der Waals surface area contributed by atoms with Crippen molar-refractivity contribution in [2.75, 3.05) is 5.32 Å². The summed E-state index contributed by atoms with van der Waals surface area (Å²) in [5.74, 6) is -0.138. The summed E-state index contributed by atoms with van der Waals surface area (Å²) in [6.07, 6.45) is 1.67. The van der Waals surface area contributed by atoms with Crippen LogP contribution in [0.2, 0.25) is 0 Å². The van der Waals surface area contributed by atoms with Crippen LogP contribution in [0.1, 0.15) is 29.9 Å². The SMILES string of the molecule is Cc1ncn(C(C)C(=O)Nc2cccc(C#N)c2)c1C. The Morgan fingerprint density at radius 1 is 1.45 bits per heavy atom. The van der Waals surface area contributed by atoms with Gasteiger partial charge < -0.3 is 9.88 Å². The summed E-state index contributed by atoms with van der Waals surface area (Å²) >= 11 is 0. The van der Waals surface area contributed by atoms with E-state index in [0.29, 0.717) is 11.3 Å². The number of imidazole rings is 1. The van der Waals surface area contributed by atoms with Gasteiger partial charge in [0.15, 0.2) is 0 Å². The average molecular weight is 268 g/mol. The Morgan fingerprint density at radius 3 is 2.80 bits per heavy atom. The van der Waals surface area contributed by atoms with Gasteiger partial charge in [-0.05, 0) is 39.0 Å². The third-order valence-electron chi connectivity index (χ3n) is 3.34. The molecule has 1 aromatic heterocycles. The van der Waals surface area contributed by atoms with Crippen molar-refractivity contribution in [3.63, 3.8) is 0 Å². The van der Waals surface area contributed by atoms with Crippen molar-refractivity contribution in [2.24, 2.45) is 0 Å². The first-order valence-electron chi connectivity index (χ1n) is 6.34. The van der Waals surface area contributed by atoms with Gasteiger partial charge in [0.2, 0.25) is 5.91 Å². The molecule has 0 fully saturated rings. The van der Waals surface area contributed by atoms with E-state index in [0.717, 1.165) is 11.4 Å². The van der Waals surface area contributed by atoms with Crippen molar-refractivity contribution in [1.82, 2.24) is 9.55 Å². The minimum absolute atomic E-state index is 0.138. The van der Waals surface area contributed by atoms with E-state index in [4.69, 9.17) is 5.26 Å². The molecule has 5 nitrogen and oxygen atoms in total. The van der Waals surface area contributed by atoms with Crippen molar-refractivity contribution in [3.05, 3.63) is 47.5 Å². The van der Waals surface area contributed by atoms with Crippen LogP contribution in [-0.2, 0) is 4.79 Å². The number of nitrogens with one attached hydrogen (secondary N) is 1. The Hall–Kier alpha value is -2.61. The number of carbonyl (C=O) groups excluding carboxylic acids is 1. The molecule has 1 N–H and O–H groups in total. The first-order valence-corrected chi connectivity index (χ1v) is 6.34. The number of rotatable bonds is 3. The lowest BCUT2D eigenvalue weighted by Crippen LogP contribution is -2.24. The number of nitriles is 1. The van der Waals surface area contributed by atoms with Gasteiger partial charge in [-0.1, -0.05) is 6.07 Å². The van der Waals surface area contributed by atoms with E-state index in [-0.39, 0.29) is 11.9 Å². The molecule has 0 bridgehead atoms. The highest BCUT2D eigenvalue weighted by Gasteiger charge is 2.17. The molecule has 20 heavy (non-hydrogen) atoms. The quantitative estimate of drug-likeness (QED) is 0.930. The Kier molecular flexibility index (Phi) is 3.85. The summed E-state index contributed by atoms with van der Waals surface area (Å²) in [7, 11) is 0. The highest BCUT2D eigenvalue weighted by atomic mass is 16.2. The lowest BCUT2D eigenvalue weighted by Gasteiger charge is -2.15. The van der Waals surface area contributed by atoms with Crippen molar-refractivity contribution in [1.29, 1.82) is 5.26 Å². The molecule has 0 aliphatic carbocycles. The number of aromatic nitrogens is 2. The maximum atomic E-state index is 12.2. The molecule has 102 valence electrons. The average Bonchev–Trinajstić information content (AvgIpc) is 2.78. The molecule has 2 rings (SSSR count). The molecule has 5 heteroatoms. The van der Waals surface area contributed by atoms with Crippen LogP contribution in [0.4, 0.5) is 5.69 Å². The van der Waals surface area contributed by atoms with Crippen LogP contribution < -0.4 is 5.32 Å². The minimum Gasteiger partial charge on any atom is -0.324 e. The van der Waals surface area contributed by atoms with Crippen LogP contribution >= 0.6 is 0 Å². The zero-order valence-corrected chi connectivity index (χ0v) is 11.7. The van der Waals surface area contributed by atoms with E-state index in [1.54, 1.807) is 30.6 Å². The van der Waals surface area contributed by atoms with E-state index in [1.807, 2.05) is 31.4 Å². The van der Waals surface area contributed by atoms with Gasteiger partial charge in [0, 0.05) is 11.4 Å². The van der Waals surface area contributed by atoms with E-state index in [9.17, 15) is 4.79 Å². The fraction of sp³-hybridized carbons (Fsp3) is 0.267. The van der Waals surface area contributed by atoms with Crippen molar-refractivity contribution in [3.8, 4) is 6.07 Å². The van der Waals surface area contributed by atoms with Crippen LogP contribution in [0, 0.1) is 25.2 Å². The van der Waals surface area contributed by atoms with Crippen LogP contribution in [0.3, 0.4) is 0 Å². The molecule has 1 heterocycles. The Labute approximate surface area is 117 Å². The largest absolute Gasteiger partial charge is 0.324 e. The van der Waals surface area contributed by atoms with Gasteiger partial charge in [-0.3, -0.25) is 4.79 Å². The lowest BCUT2D eigenvalue weighted by atomic mass is 10.2. The maximum Gasteiger partial charge on any atom is 0.247 e. The van der Waals surface area contributed by atoms with Crippen molar-refractivity contribution < 1.29 is 4.79 Å². The summed E-state index contributed by atoms with van der Waals surface area (Å²) in [5, 5.41) is 11.7. The maximum absolute atomic E-state index is 12.2. The molecule has 0 radical (unpaired) electrons. The van der Waals surface area contributed by atoms with Gasteiger partial charge >= 0.3 is 0 Å². The number of nitrogens with zero attached hydrogens (tertiary/aromatic N) is 3. The normalized spacial score (nSPS) is 11.7. The zero-order valence-electron chi connectivity index (χ0n) is 11.7. The fourth-order valence-electron chi connectivity index (χ4n) is 1.95. The van der Waals surface area contributed by atoms with Crippen LogP contribution in [0.5, 0.6) is 0 Å². The second-order valence-electron chi connectivity index (χ2n) is 4.68. The summed E-state index contributed by atoms with van der Waals surface area (Å²) in [5.41, 5.74) is 3.02. The van der Waals surface area contributed by atoms with E-state index >= 15 is 0 Å². The van der Waals surface area contributed by atoms with Gasteiger partial charge in [0.05, 0.1) is 23.7 Å². The number of aryl methyl sites for hydroxylation is 1. The molecule has 0 saturated heterocycles. The van der Waals surface area contributed by atoms with Gasteiger partial charge in [0.25, 0.3) is 0 Å². The fourth-order valence-corrected chi connectivity index (χ4v) is 1.95. The van der Waals surface area contributed by atoms with E-state index in [2.05, 4.69) is 10.3 Å². The highest BCUT2D eigenvalue weighted by Crippen LogP contribution is 2.16. The van der Waals surface area contributed by atoms with Gasteiger partial charge in [0.1, 0.15) is 6.04 Å². The number of amides is 1. The summed E-state index contributed by atoms with van der Waals surface area (Å²) in [6, 6.07) is 8.54. The van der Waals surface area contributed by atoms with Crippen molar-refractivity contribution in [2.45, 2.75) is 26.8 Å². The van der Waals surface area contributed by atoms with E-state index < -0.39 is 0 Å². The van der Waals surface area contributed by atoms with Crippen LogP contribution in [-0.4, -0.2) is 15.5 Å². The molecule has 1 amide bonds. The summed E-state index contributed by atoms with van der Waals surface area (Å²) in [4.78, 5) is 16.4. The minimum atomic E-state index is -0.359. The smallest absolute Gasteiger partial charge is 0.247 e. The predicted octanol–water partition coefficient (Wildman–Crippen LogP) is 2.57. The van der Waals surface area contributed by atoms with Gasteiger partial charge in [-0.25, -0.2) is 4.98 Å². The molecule has 1 unspecified atom stereocenters. The third-order valence-corrected chi connectivity index (χ3v) is 3.34. The Balaban J connectivity index is 2.16. The molecule has 1 atom stereocenters. The number of hydrogen-bond donors (Lipinski definition) is 1. The monoisotopic (exact) mass is 268 g/mol. The van der Waals surface area contributed by atoms with E-state index in [1.165, 1.54) is 0 Å². The lowest BCUT2D eigenvalue weighted by molar-refractivity contribution is -0.118. The number of benzene rings is 1. The Bertz CT molecular complexity index is 681. The third kappa shape index (κ3) is 2.69. The number of hydrogen-bond acceptors (Lipinski definition) is 3. The molecule has 0 aliphatic heterocycles. The molecule has 0 saturated carbocycles. The molecule has 0 aliphatic rings. The zero-order chi connectivity index (χ0) is 14.7. The molecule has 0 spiro atoms. The number of carbonyl (C=O) groups is 1. The first kappa shape index (κ1) is 13.8. The molecular formula is C15H16N4O. The highest BCUT2D eigenvalue weighted by molar-refractivity contribution is 5.93. The van der Waals surface area contributed by atoms with Gasteiger partial charge in [-0.15, -0.1) is 0 Å². The Morgan fingerprint density at radius 2 is 2.20 bits per heavy atom. The second kappa shape index (κ2) is 5.57. The first-order chi connectivity index (χ1) is 9.52. The molecule has 2 aromatic rings. The standard InChI is InChI=1S/C15H16N4O/c1-10-11(2)19(9-17-10)12(3)15(20)18-14-6-4-5-13(7-14)8-16/h4-7,9,12H,1-3H3,(H,18,20). The second-order valence-corrected chi connectivity index (χ2v) is 4.68. The van der Waals surface area contributed by atoms with Crippen LogP contribution in [0.15, 0.2) is 30.6 Å². The summed E-state index contributed by atoms with van der Waals surface area (Å²) in [6.45, 7) is 5.66. The molecule has 1 aromatic carbocycles. The number of anilines is 1. The predicted molar refractivity (Wildman–Crippen MR) is 76.2 cm³/mol. The topological polar surface area (TPSA) is 70.7 Å². The van der Waals surface area contributed by atoms with Crippen LogP contribution in [0.25, 0.3) is 0 Å². The summed E-state index contributed by atoms with van der Waals surface area (Å²) < 4.78 is 1.83. The van der Waals surface area contributed by atoms with Gasteiger partial charge in [-0.2, -0.15) is 5.26 Å². The van der Waals surface area contributed by atoms with Crippen molar-refractivity contribution >= 4 is 11.6 Å². The molecular weight excluding hydrogens is 252 g/mol.